The van der Waals surface area contributed by atoms with Gasteiger partial charge in [0.25, 0.3) is 0 Å². The maximum absolute atomic E-state index is 9.50. The van der Waals surface area contributed by atoms with Gasteiger partial charge < -0.3 is 14.8 Å². The number of nitrogens with one attached hydrogen (secondary N) is 1. The first kappa shape index (κ1) is 10.1. The fourth-order valence-electron chi connectivity index (χ4n) is 1.26. The monoisotopic (exact) mass is 267 g/mol. The molecule has 0 saturated carbocycles. The largest absolute Gasteiger partial charge is 0.506 e. The van der Waals surface area contributed by atoms with E-state index in [4.69, 9.17) is 4.42 Å². The Bertz CT molecular complexity index is 453. The minimum atomic E-state index is 0.250. The van der Waals surface area contributed by atoms with E-state index in [0.29, 0.717) is 11.2 Å². The lowest BCUT2D eigenvalue weighted by molar-refractivity contribution is 0.477. The number of aromatic hydroxyl groups is 1. The highest BCUT2D eigenvalue weighted by molar-refractivity contribution is 9.10. The van der Waals surface area contributed by atoms with Crippen LogP contribution < -0.4 is 5.32 Å². The lowest BCUT2D eigenvalue weighted by Gasteiger charge is -2.05. The smallest absolute Gasteiger partial charge is 0.169 e. The second kappa shape index (κ2) is 4.40. The van der Waals surface area contributed by atoms with E-state index in [-0.39, 0.29) is 5.75 Å². The molecule has 4 heteroatoms. The average Bonchev–Trinajstić information content (AvgIpc) is 2.63. The summed E-state index contributed by atoms with van der Waals surface area (Å²) in [7, 11) is 0. The number of rotatable bonds is 3. The Balaban J connectivity index is 2.02. The van der Waals surface area contributed by atoms with Crippen LogP contribution in [0.4, 0.5) is 5.69 Å². The summed E-state index contributed by atoms with van der Waals surface area (Å²) in [6.45, 7) is 0.618. The number of phenolic OH excluding ortho intramolecular Hbond substituents is 1. The summed E-state index contributed by atoms with van der Waals surface area (Å²) in [4.78, 5) is 0. The van der Waals surface area contributed by atoms with Crippen molar-refractivity contribution in [1.29, 1.82) is 0 Å². The molecule has 0 fully saturated rings. The van der Waals surface area contributed by atoms with E-state index in [0.717, 1.165) is 11.3 Å². The number of hydrogen-bond donors (Lipinski definition) is 2. The minimum absolute atomic E-state index is 0.250. The molecule has 0 radical (unpaired) electrons. The predicted molar refractivity (Wildman–Crippen MR) is 61.8 cm³/mol. The van der Waals surface area contributed by atoms with Gasteiger partial charge in [0.05, 0.1) is 12.0 Å². The zero-order chi connectivity index (χ0) is 10.7. The summed E-state index contributed by atoms with van der Waals surface area (Å²) < 4.78 is 5.80. The second-order valence-corrected chi connectivity index (χ2v) is 3.91. The van der Waals surface area contributed by atoms with Gasteiger partial charge in [-0.15, -0.1) is 0 Å². The molecule has 2 aromatic rings. The molecule has 0 aliphatic carbocycles. The maximum atomic E-state index is 9.50. The number of phenols is 1. The van der Waals surface area contributed by atoms with Gasteiger partial charge in [0, 0.05) is 12.1 Å². The van der Waals surface area contributed by atoms with E-state index in [9.17, 15) is 5.11 Å². The Morgan fingerprint density at radius 2 is 2.13 bits per heavy atom. The molecule has 78 valence electrons. The Labute approximate surface area is 95.9 Å². The average molecular weight is 268 g/mol. The van der Waals surface area contributed by atoms with Crippen molar-refractivity contribution in [1.82, 2.24) is 0 Å². The number of benzene rings is 1. The molecule has 0 aliphatic rings. The van der Waals surface area contributed by atoms with Crippen LogP contribution in [0.1, 0.15) is 5.56 Å². The van der Waals surface area contributed by atoms with Crippen LogP contribution in [-0.2, 0) is 6.54 Å². The van der Waals surface area contributed by atoms with E-state index < -0.39 is 0 Å². The Kier molecular flexibility index (Phi) is 2.97. The summed E-state index contributed by atoms with van der Waals surface area (Å²) in [5.41, 5.74) is 1.74. The molecule has 0 unspecified atom stereocenters. The molecule has 2 rings (SSSR count). The van der Waals surface area contributed by atoms with Crippen molar-refractivity contribution in [2.24, 2.45) is 0 Å². The molecule has 1 aromatic heterocycles. The minimum Gasteiger partial charge on any atom is -0.506 e. The van der Waals surface area contributed by atoms with Crippen LogP contribution in [0.3, 0.4) is 0 Å². The summed E-state index contributed by atoms with van der Waals surface area (Å²) in [6, 6.07) is 9.01. The molecule has 0 aliphatic heterocycles. The molecule has 0 bridgehead atoms. The Morgan fingerprint density at radius 1 is 1.33 bits per heavy atom. The van der Waals surface area contributed by atoms with Gasteiger partial charge in [-0.25, -0.2) is 0 Å². The van der Waals surface area contributed by atoms with Crippen molar-refractivity contribution in [2.45, 2.75) is 6.54 Å². The van der Waals surface area contributed by atoms with Gasteiger partial charge in [-0.3, -0.25) is 0 Å². The second-order valence-electron chi connectivity index (χ2n) is 3.13. The number of furan rings is 1. The normalized spacial score (nSPS) is 10.2. The van der Waals surface area contributed by atoms with E-state index >= 15 is 0 Å². The topological polar surface area (TPSA) is 45.4 Å². The van der Waals surface area contributed by atoms with Crippen molar-refractivity contribution in [3.05, 3.63) is 46.8 Å². The first-order valence-corrected chi connectivity index (χ1v) is 5.30. The van der Waals surface area contributed by atoms with E-state index in [1.54, 1.807) is 18.4 Å². The number of anilines is 1. The molecular formula is C11H10BrNO2. The molecule has 15 heavy (non-hydrogen) atoms. The van der Waals surface area contributed by atoms with Gasteiger partial charge in [-0.05, 0) is 34.1 Å². The lowest BCUT2D eigenvalue weighted by atomic mass is 10.2. The molecule has 2 N–H and O–H groups in total. The number of para-hydroxylation sites is 2. The summed E-state index contributed by atoms with van der Waals surface area (Å²) in [6.07, 6.45) is 1.66. The van der Waals surface area contributed by atoms with Crippen molar-refractivity contribution in [2.75, 3.05) is 5.32 Å². The Morgan fingerprint density at radius 3 is 2.80 bits per heavy atom. The van der Waals surface area contributed by atoms with Gasteiger partial charge in [0.1, 0.15) is 5.75 Å². The summed E-state index contributed by atoms with van der Waals surface area (Å²) >= 11 is 3.23. The van der Waals surface area contributed by atoms with Crippen molar-refractivity contribution in [3.8, 4) is 5.75 Å². The zero-order valence-electron chi connectivity index (χ0n) is 7.90. The van der Waals surface area contributed by atoms with E-state index in [2.05, 4.69) is 21.2 Å². The third kappa shape index (κ3) is 2.53. The standard InChI is InChI=1S/C11H10BrNO2/c12-11-5-8(7-15-11)6-13-9-3-1-2-4-10(9)14/h1-5,7,13-14H,6H2. The fourth-order valence-corrected chi connectivity index (χ4v) is 1.65. The molecule has 0 atom stereocenters. The highest BCUT2D eigenvalue weighted by Crippen LogP contribution is 2.22. The molecule has 3 nitrogen and oxygen atoms in total. The van der Waals surface area contributed by atoms with Crippen LogP contribution in [0.5, 0.6) is 5.75 Å². The fraction of sp³-hybridized carbons (Fsp3) is 0.0909. The maximum Gasteiger partial charge on any atom is 0.169 e. The van der Waals surface area contributed by atoms with Gasteiger partial charge in [0.15, 0.2) is 4.67 Å². The molecule has 0 saturated heterocycles. The van der Waals surface area contributed by atoms with E-state index in [1.165, 1.54) is 0 Å². The highest BCUT2D eigenvalue weighted by atomic mass is 79.9. The van der Waals surface area contributed by atoms with Gasteiger partial charge in [0.2, 0.25) is 0 Å². The van der Waals surface area contributed by atoms with Crippen molar-refractivity contribution in [3.63, 3.8) is 0 Å². The quantitative estimate of drug-likeness (QED) is 0.839. The van der Waals surface area contributed by atoms with Crippen LogP contribution in [0.2, 0.25) is 0 Å². The highest BCUT2D eigenvalue weighted by Gasteiger charge is 2.01. The lowest BCUT2D eigenvalue weighted by Crippen LogP contribution is -1.97. The van der Waals surface area contributed by atoms with Crippen LogP contribution >= 0.6 is 15.9 Å². The SMILES string of the molecule is Oc1ccccc1NCc1coc(Br)c1. The molecule has 0 amide bonds. The number of hydrogen-bond acceptors (Lipinski definition) is 3. The van der Waals surface area contributed by atoms with E-state index in [1.807, 2.05) is 18.2 Å². The van der Waals surface area contributed by atoms with Crippen LogP contribution in [0.15, 0.2) is 45.7 Å². The number of halogens is 1. The van der Waals surface area contributed by atoms with Crippen LogP contribution in [0.25, 0.3) is 0 Å². The summed E-state index contributed by atoms with van der Waals surface area (Å²) in [5, 5.41) is 12.6. The third-order valence-corrected chi connectivity index (χ3v) is 2.42. The predicted octanol–water partition coefficient (Wildman–Crippen LogP) is 3.36. The van der Waals surface area contributed by atoms with Crippen LogP contribution in [0, 0.1) is 0 Å². The van der Waals surface area contributed by atoms with Gasteiger partial charge in [-0.2, -0.15) is 0 Å². The Hall–Kier alpha value is -1.42. The molecular weight excluding hydrogens is 258 g/mol. The van der Waals surface area contributed by atoms with Crippen molar-refractivity contribution >= 4 is 21.6 Å². The summed E-state index contributed by atoms with van der Waals surface area (Å²) in [5.74, 6) is 0.250. The first-order valence-electron chi connectivity index (χ1n) is 4.50. The molecule has 1 aromatic carbocycles. The first-order chi connectivity index (χ1) is 7.25. The molecule has 1 heterocycles. The third-order valence-electron chi connectivity index (χ3n) is 2.01. The zero-order valence-corrected chi connectivity index (χ0v) is 9.49. The van der Waals surface area contributed by atoms with Crippen LogP contribution in [-0.4, -0.2) is 5.11 Å². The van der Waals surface area contributed by atoms with Crippen molar-refractivity contribution < 1.29 is 9.52 Å². The van der Waals surface area contributed by atoms with Gasteiger partial charge >= 0.3 is 0 Å². The van der Waals surface area contributed by atoms with Gasteiger partial charge in [-0.1, -0.05) is 12.1 Å². The molecule has 0 spiro atoms.